The summed E-state index contributed by atoms with van der Waals surface area (Å²) < 4.78 is 7.90. The number of hydrogen-bond acceptors (Lipinski definition) is 3. The van der Waals surface area contributed by atoms with E-state index < -0.39 is 0 Å². The Balaban J connectivity index is 1.80. The minimum Gasteiger partial charge on any atom is -0.431 e. The zero-order chi connectivity index (χ0) is 13.5. The highest BCUT2D eigenvalue weighted by Crippen LogP contribution is 2.35. The summed E-state index contributed by atoms with van der Waals surface area (Å²) in [5, 5.41) is 1.91. The van der Waals surface area contributed by atoms with Gasteiger partial charge in [0, 0.05) is 29.0 Å². The monoisotopic (exact) mass is 280 g/mol. The summed E-state index contributed by atoms with van der Waals surface area (Å²) >= 11 is 1.57. The maximum atomic E-state index is 5.77. The lowest BCUT2D eigenvalue weighted by Gasteiger charge is -1.94. The molecule has 0 spiro atoms. The molecule has 0 unspecified atom stereocenters. The van der Waals surface area contributed by atoms with Gasteiger partial charge in [0.2, 0.25) is 0 Å². The second-order valence-electron chi connectivity index (χ2n) is 4.67. The van der Waals surface area contributed by atoms with Crippen LogP contribution in [0.3, 0.4) is 0 Å². The van der Waals surface area contributed by atoms with E-state index in [2.05, 4.69) is 47.1 Å². The van der Waals surface area contributed by atoms with Gasteiger partial charge >= 0.3 is 0 Å². The van der Waals surface area contributed by atoms with Gasteiger partial charge in [-0.25, -0.2) is 4.98 Å². The summed E-state index contributed by atoms with van der Waals surface area (Å²) in [5.74, 6) is 0. The molecule has 0 bridgehead atoms. The number of aromatic nitrogens is 2. The van der Waals surface area contributed by atoms with Gasteiger partial charge < -0.3 is 8.98 Å². The first kappa shape index (κ1) is 11.6. The SMILES string of the molecule is Cn1cc(Sc2nc3ccccc3o2)c2ccccc21. The van der Waals surface area contributed by atoms with Gasteiger partial charge in [-0.3, -0.25) is 0 Å². The molecule has 0 aliphatic carbocycles. The Morgan fingerprint density at radius 3 is 2.75 bits per heavy atom. The highest BCUT2D eigenvalue weighted by atomic mass is 32.2. The van der Waals surface area contributed by atoms with Crippen molar-refractivity contribution in [2.24, 2.45) is 7.05 Å². The van der Waals surface area contributed by atoms with Crippen molar-refractivity contribution in [1.29, 1.82) is 0 Å². The normalized spacial score (nSPS) is 11.4. The largest absolute Gasteiger partial charge is 0.431 e. The molecule has 4 heteroatoms. The molecule has 0 N–H and O–H groups in total. The molecule has 0 aliphatic heterocycles. The van der Waals surface area contributed by atoms with Crippen LogP contribution < -0.4 is 0 Å². The number of rotatable bonds is 2. The lowest BCUT2D eigenvalue weighted by Crippen LogP contribution is -1.81. The van der Waals surface area contributed by atoms with Gasteiger partial charge in [-0.05, 0) is 30.0 Å². The number of oxazole rings is 1. The third kappa shape index (κ3) is 1.80. The van der Waals surface area contributed by atoms with Crippen LogP contribution in [0.1, 0.15) is 0 Å². The zero-order valence-electron chi connectivity index (χ0n) is 10.9. The zero-order valence-corrected chi connectivity index (χ0v) is 11.7. The summed E-state index contributed by atoms with van der Waals surface area (Å²) in [7, 11) is 2.05. The highest BCUT2D eigenvalue weighted by molar-refractivity contribution is 7.99. The first-order valence-electron chi connectivity index (χ1n) is 6.39. The average Bonchev–Trinajstić information content (AvgIpc) is 3.01. The Labute approximate surface area is 120 Å². The molecule has 98 valence electrons. The van der Waals surface area contributed by atoms with Crippen LogP contribution in [0, 0.1) is 0 Å². The molecular formula is C16H12N2OS. The van der Waals surface area contributed by atoms with E-state index in [0.717, 1.165) is 16.0 Å². The Kier molecular flexibility index (Phi) is 2.57. The Morgan fingerprint density at radius 2 is 1.85 bits per heavy atom. The van der Waals surface area contributed by atoms with Gasteiger partial charge in [0.1, 0.15) is 5.52 Å². The second-order valence-corrected chi connectivity index (χ2v) is 5.66. The number of aryl methyl sites for hydroxylation is 1. The topological polar surface area (TPSA) is 31.0 Å². The molecule has 4 rings (SSSR count). The molecule has 2 aromatic carbocycles. The smallest absolute Gasteiger partial charge is 0.261 e. The molecule has 20 heavy (non-hydrogen) atoms. The van der Waals surface area contributed by atoms with Crippen LogP contribution in [0.25, 0.3) is 22.0 Å². The van der Waals surface area contributed by atoms with Crippen LogP contribution >= 0.6 is 11.8 Å². The summed E-state index contributed by atoms with van der Waals surface area (Å²) in [6.45, 7) is 0. The number of hydrogen-bond donors (Lipinski definition) is 0. The van der Waals surface area contributed by atoms with E-state index in [9.17, 15) is 0 Å². The highest BCUT2D eigenvalue weighted by Gasteiger charge is 2.11. The predicted molar refractivity (Wildman–Crippen MR) is 81.1 cm³/mol. The van der Waals surface area contributed by atoms with E-state index in [1.54, 1.807) is 11.8 Å². The molecule has 3 nitrogen and oxygen atoms in total. The third-order valence-corrected chi connectivity index (χ3v) is 4.23. The minimum atomic E-state index is 0.683. The van der Waals surface area contributed by atoms with Gasteiger partial charge in [0.25, 0.3) is 5.22 Å². The van der Waals surface area contributed by atoms with Crippen molar-refractivity contribution in [2.75, 3.05) is 0 Å². The van der Waals surface area contributed by atoms with E-state index in [0.29, 0.717) is 5.22 Å². The lowest BCUT2D eigenvalue weighted by atomic mass is 10.2. The molecule has 0 atom stereocenters. The van der Waals surface area contributed by atoms with Crippen LogP contribution in [0.4, 0.5) is 0 Å². The molecular weight excluding hydrogens is 268 g/mol. The first-order valence-corrected chi connectivity index (χ1v) is 7.20. The van der Waals surface area contributed by atoms with Crippen molar-refractivity contribution in [3.8, 4) is 0 Å². The maximum Gasteiger partial charge on any atom is 0.261 e. The summed E-state index contributed by atoms with van der Waals surface area (Å²) in [6, 6.07) is 16.2. The molecule has 0 radical (unpaired) electrons. The second kappa shape index (κ2) is 4.42. The number of nitrogens with zero attached hydrogens (tertiary/aromatic N) is 2. The van der Waals surface area contributed by atoms with Crippen LogP contribution in [0.5, 0.6) is 0 Å². The van der Waals surface area contributed by atoms with Crippen molar-refractivity contribution >= 4 is 33.8 Å². The van der Waals surface area contributed by atoms with Crippen LogP contribution in [-0.4, -0.2) is 9.55 Å². The molecule has 0 fully saturated rings. The Bertz CT molecular complexity index is 874. The Morgan fingerprint density at radius 1 is 1.05 bits per heavy atom. The number of fused-ring (bicyclic) bond motifs is 2. The number of para-hydroxylation sites is 3. The van der Waals surface area contributed by atoms with Gasteiger partial charge in [-0.2, -0.15) is 0 Å². The van der Waals surface area contributed by atoms with Crippen LogP contribution in [-0.2, 0) is 7.05 Å². The molecule has 2 aromatic heterocycles. The average molecular weight is 280 g/mol. The molecule has 2 heterocycles. The Hall–Kier alpha value is -2.20. The van der Waals surface area contributed by atoms with Crippen LogP contribution in [0.2, 0.25) is 0 Å². The summed E-state index contributed by atoms with van der Waals surface area (Å²) in [6.07, 6.45) is 2.12. The predicted octanol–water partition coefficient (Wildman–Crippen LogP) is 4.47. The maximum absolute atomic E-state index is 5.77. The fourth-order valence-corrected chi connectivity index (χ4v) is 3.33. The minimum absolute atomic E-state index is 0.683. The fraction of sp³-hybridized carbons (Fsp3) is 0.0625. The molecule has 0 saturated heterocycles. The third-order valence-electron chi connectivity index (χ3n) is 3.33. The van der Waals surface area contributed by atoms with Gasteiger partial charge in [0.05, 0.1) is 0 Å². The summed E-state index contributed by atoms with van der Waals surface area (Å²) in [5.41, 5.74) is 2.94. The van der Waals surface area contributed by atoms with Crippen molar-refractivity contribution in [1.82, 2.24) is 9.55 Å². The van der Waals surface area contributed by atoms with E-state index in [-0.39, 0.29) is 0 Å². The molecule has 0 amide bonds. The first-order chi connectivity index (χ1) is 9.81. The lowest BCUT2D eigenvalue weighted by molar-refractivity contribution is 0.489. The van der Waals surface area contributed by atoms with Crippen molar-refractivity contribution in [3.05, 3.63) is 54.7 Å². The van der Waals surface area contributed by atoms with Crippen molar-refractivity contribution in [3.63, 3.8) is 0 Å². The van der Waals surface area contributed by atoms with Crippen molar-refractivity contribution in [2.45, 2.75) is 10.1 Å². The molecule has 0 saturated carbocycles. The van der Waals surface area contributed by atoms with Gasteiger partial charge in [0.15, 0.2) is 5.58 Å². The molecule has 4 aromatic rings. The quantitative estimate of drug-likeness (QED) is 0.543. The van der Waals surface area contributed by atoms with E-state index in [4.69, 9.17) is 4.42 Å². The summed E-state index contributed by atoms with van der Waals surface area (Å²) in [4.78, 5) is 5.67. The van der Waals surface area contributed by atoms with E-state index in [1.807, 2.05) is 24.3 Å². The standard InChI is InChI=1S/C16H12N2OS/c1-18-10-15(11-6-2-4-8-13(11)18)20-16-17-12-7-3-5-9-14(12)19-16/h2-10H,1H3. The van der Waals surface area contributed by atoms with Crippen molar-refractivity contribution < 1.29 is 4.42 Å². The molecule has 0 aliphatic rings. The number of benzene rings is 2. The van der Waals surface area contributed by atoms with Gasteiger partial charge in [-0.15, -0.1) is 0 Å². The van der Waals surface area contributed by atoms with Gasteiger partial charge in [-0.1, -0.05) is 30.3 Å². The van der Waals surface area contributed by atoms with Crippen LogP contribution in [0.15, 0.2) is 69.3 Å². The van der Waals surface area contributed by atoms with E-state index in [1.165, 1.54) is 10.9 Å². The fourth-order valence-electron chi connectivity index (χ4n) is 2.37. The van der Waals surface area contributed by atoms with E-state index >= 15 is 0 Å².